The van der Waals surface area contributed by atoms with E-state index in [0.717, 1.165) is 5.56 Å². The van der Waals surface area contributed by atoms with Crippen LogP contribution in [0.4, 0.5) is 4.79 Å². The summed E-state index contributed by atoms with van der Waals surface area (Å²) in [5, 5.41) is 0. The van der Waals surface area contributed by atoms with Gasteiger partial charge in [-0.25, -0.2) is 4.79 Å². The topological polar surface area (TPSA) is 44.8 Å². The second kappa shape index (κ2) is 9.11. The molecule has 28 heavy (non-hydrogen) atoms. The van der Waals surface area contributed by atoms with Crippen molar-refractivity contribution < 1.29 is 19.0 Å². The van der Waals surface area contributed by atoms with Crippen molar-refractivity contribution in [3.63, 3.8) is 0 Å². The van der Waals surface area contributed by atoms with Gasteiger partial charge in [0, 0.05) is 0 Å². The fraction of sp³-hybridized carbons (Fsp3) is 0.348. The van der Waals surface area contributed by atoms with Crippen molar-refractivity contribution in [1.29, 1.82) is 0 Å². The van der Waals surface area contributed by atoms with Crippen molar-refractivity contribution >= 4 is 20.3 Å². The third kappa shape index (κ3) is 8.44. The lowest BCUT2D eigenvalue weighted by Gasteiger charge is -2.18. The average molecular weight is 399 g/mol. The summed E-state index contributed by atoms with van der Waals surface area (Å²) in [5.74, 6) is 1.12. The zero-order chi connectivity index (χ0) is 20.8. The molecule has 0 heterocycles. The first-order chi connectivity index (χ1) is 13.0. The van der Waals surface area contributed by atoms with E-state index in [0.29, 0.717) is 18.1 Å². The van der Waals surface area contributed by atoms with Crippen molar-refractivity contribution in [3.8, 4) is 11.5 Å². The molecule has 0 atom stereocenters. The fourth-order valence-electron chi connectivity index (χ4n) is 2.21. The van der Waals surface area contributed by atoms with Gasteiger partial charge in [-0.2, -0.15) is 0 Å². The largest absolute Gasteiger partial charge is 0.514 e. The van der Waals surface area contributed by atoms with Gasteiger partial charge < -0.3 is 14.2 Å². The fourth-order valence-corrected chi connectivity index (χ4v) is 2.90. The molecule has 2 aromatic rings. The van der Waals surface area contributed by atoms with Gasteiger partial charge in [0.05, 0.1) is 8.07 Å². The quantitative estimate of drug-likeness (QED) is 0.318. The van der Waals surface area contributed by atoms with Crippen LogP contribution in [0, 0.1) is 0 Å². The maximum atomic E-state index is 11.7. The summed E-state index contributed by atoms with van der Waals surface area (Å²) in [4.78, 5) is 11.7. The Morgan fingerprint density at radius 3 is 2.04 bits per heavy atom. The van der Waals surface area contributed by atoms with Crippen molar-refractivity contribution in [2.45, 2.75) is 52.6 Å². The zero-order valence-electron chi connectivity index (χ0n) is 17.6. The minimum Gasteiger partial charge on any atom is -0.489 e. The van der Waals surface area contributed by atoms with Crippen LogP contribution in [0.5, 0.6) is 11.5 Å². The van der Waals surface area contributed by atoms with Gasteiger partial charge in [-0.1, -0.05) is 55.7 Å². The molecule has 2 aromatic carbocycles. The standard InChI is InChI=1S/C23H30O4Si/c1-23(2,3)27-22(24)26-21-13-11-20(12-14-21)25-17-19-9-7-18(8-10-19)15-16-28(4,5)6/h7-16H,17H2,1-6H3. The molecule has 0 N–H and O–H groups in total. The summed E-state index contributed by atoms with van der Waals surface area (Å²) in [6.07, 6.45) is 1.48. The van der Waals surface area contributed by atoms with E-state index in [9.17, 15) is 4.79 Å². The summed E-state index contributed by atoms with van der Waals surface area (Å²) >= 11 is 0. The molecule has 0 radical (unpaired) electrons. The van der Waals surface area contributed by atoms with Crippen LogP contribution >= 0.6 is 0 Å². The van der Waals surface area contributed by atoms with Gasteiger partial charge in [0.1, 0.15) is 23.7 Å². The molecular formula is C23H30O4Si. The molecular weight excluding hydrogens is 368 g/mol. The Hall–Kier alpha value is -2.53. The van der Waals surface area contributed by atoms with Crippen LogP contribution in [0.15, 0.2) is 54.2 Å². The molecule has 0 aliphatic carbocycles. The first kappa shape index (κ1) is 21.8. The normalized spacial score (nSPS) is 12.1. The summed E-state index contributed by atoms with van der Waals surface area (Å²) in [5.41, 5.74) is 4.05. The molecule has 0 saturated carbocycles. The highest BCUT2D eigenvalue weighted by Crippen LogP contribution is 2.20. The second-order valence-electron chi connectivity index (χ2n) is 8.77. The maximum Gasteiger partial charge on any atom is 0.514 e. The van der Waals surface area contributed by atoms with E-state index >= 15 is 0 Å². The molecule has 0 aliphatic heterocycles. The van der Waals surface area contributed by atoms with E-state index in [1.807, 2.05) is 0 Å². The molecule has 0 saturated heterocycles. The number of benzene rings is 2. The number of carbonyl (C=O) groups is 1. The number of ether oxygens (including phenoxy) is 3. The lowest BCUT2D eigenvalue weighted by molar-refractivity contribution is 0.0206. The maximum absolute atomic E-state index is 11.7. The Bertz CT molecular complexity index is 794. The van der Waals surface area contributed by atoms with E-state index in [1.165, 1.54) is 5.56 Å². The zero-order valence-corrected chi connectivity index (χ0v) is 18.6. The summed E-state index contributed by atoms with van der Waals surface area (Å²) < 4.78 is 16.1. The first-order valence-electron chi connectivity index (χ1n) is 9.42. The number of carbonyl (C=O) groups excluding carboxylic acids is 1. The Kier molecular flexibility index (Phi) is 7.08. The van der Waals surface area contributed by atoms with E-state index in [4.69, 9.17) is 14.2 Å². The van der Waals surface area contributed by atoms with Gasteiger partial charge in [0.15, 0.2) is 0 Å². The first-order valence-corrected chi connectivity index (χ1v) is 13.0. The van der Waals surface area contributed by atoms with Crippen LogP contribution in [0.2, 0.25) is 19.6 Å². The summed E-state index contributed by atoms with van der Waals surface area (Å²) in [7, 11) is -1.18. The highest BCUT2D eigenvalue weighted by molar-refractivity contribution is 6.81. The van der Waals surface area contributed by atoms with Crippen molar-refractivity contribution in [1.82, 2.24) is 0 Å². The van der Waals surface area contributed by atoms with Gasteiger partial charge in [-0.15, -0.1) is 0 Å². The predicted octanol–water partition coefficient (Wildman–Crippen LogP) is 6.47. The highest BCUT2D eigenvalue weighted by Gasteiger charge is 2.18. The van der Waals surface area contributed by atoms with Gasteiger partial charge in [-0.3, -0.25) is 0 Å². The third-order valence-corrected chi connectivity index (χ3v) is 4.74. The van der Waals surface area contributed by atoms with Crippen molar-refractivity contribution in [2.24, 2.45) is 0 Å². The van der Waals surface area contributed by atoms with Crippen LogP contribution in [0.25, 0.3) is 6.08 Å². The van der Waals surface area contributed by atoms with Crippen LogP contribution in [0.1, 0.15) is 31.9 Å². The van der Waals surface area contributed by atoms with Gasteiger partial charge in [0.25, 0.3) is 0 Å². The molecule has 0 fully saturated rings. The molecule has 4 nitrogen and oxygen atoms in total. The molecule has 0 aliphatic rings. The van der Waals surface area contributed by atoms with E-state index in [1.54, 1.807) is 45.0 Å². The minimum atomic E-state index is -1.18. The van der Waals surface area contributed by atoms with Crippen molar-refractivity contribution in [3.05, 3.63) is 65.4 Å². The molecule has 0 amide bonds. The molecule has 0 bridgehead atoms. The molecule has 0 unspecified atom stereocenters. The molecule has 0 aromatic heterocycles. The predicted molar refractivity (Wildman–Crippen MR) is 116 cm³/mol. The van der Waals surface area contributed by atoms with E-state index in [-0.39, 0.29) is 0 Å². The van der Waals surface area contributed by atoms with Gasteiger partial charge in [0.2, 0.25) is 0 Å². The number of hydrogen-bond acceptors (Lipinski definition) is 4. The Balaban J connectivity index is 1.86. The molecule has 150 valence electrons. The van der Waals surface area contributed by atoms with Crippen LogP contribution < -0.4 is 9.47 Å². The third-order valence-electron chi connectivity index (χ3n) is 3.58. The lowest BCUT2D eigenvalue weighted by Crippen LogP contribution is -2.25. The highest BCUT2D eigenvalue weighted by atomic mass is 28.3. The monoisotopic (exact) mass is 398 g/mol. The lowest BCUT2D eigenvalue weighted by atomic mass is 10.1. The second-order valence-corrected chi connectivity index (χ2v) is 13.8. The average Bonchev–Trinajstić information content (AvgIpc) is 2.58. The molecule has 0 spiro atoms. The molecule has 5 heteroatoms. The van der Waals surface area contributed by atoms with E-state index < -0.39 is 19.8 Å². The Labute approximate surface area is 169 Å². The van der Waals surface area contributed by atoms with Crippen LogP contribution in [-0.4, -0.2) is 19.8 Å². The Morgan fingerprint density at radius 2 is 1.50 bits per heavy atom. The van der Waals surface area contributed by atoms with Crippen LogP contribution in [-0.2, 0) is 11.3 Å². The number of hydrogen-bond donors (Lipinski definition) is 0. The van der Waals surface area contributed by atoms with Gasteiger partial charge >= 0.3 is 6.16 Å². The minimum absolute atomic E-state index is 0.417. The van der Waals surface area contributed by atoms with Crippen LogP contribution in [0.3, 0.4) is 0 Å². The van der Waals surface area contributed by atoms with E-state index in [2.05, 4.69) is 55.7 Å². The summed E-state index contributed by atoms with van der Waals surface area (Å²) in [6.45, 7) is 12.8. The Morgan fingerprint density at radius 1 is 0.929 bits per heavy atom. The molecule has 2 rings (SSSR count). The van der Waals surface area contributed by atoms with Gasteiger partial charge in [-0.05, 0) is 56.2 Å². The van der Waals surface area contributed by atoms with Crippen molar-refractivity contribution in [2.75, 3.05) is 0 Å². The SMILES string of the molecule is CC(C)(C)OC(=O)Oc1ccc(OCc2ccc(C=C[Si](C)(C)C)cc2)cc1. The smallest absolute Gasteiger partial charge is 0.489 e. The number of rotatable bonds is 6. The summed E-state index contributed by atoms with van der Waals surface area (Å²) in [6, 6.07) is 15.3.